The van der Waals surface area contributed by atoms with Crippen molar-refractivity contribution in [3.63, 3.8) is 0 Å². The molecule has 2 aromatic rings. The van der Waals surface area contributed by atoms with E-state index in [1.54, 1.807) is 6.08 Å². The lowest BCUT2D eigenvalue weighted by Gasteiger charge is -2.22. The van der Waals surface area contributed by atoms with E-state index in [-0.39, 0.29) is 30.8 Å². The van der Waals surface area contributed by atoms with Gasteiger partial charge in [0.15, 0.2) is 17.0 Å². The van der Waals surface area contributed by atoms with Crippen molar-refractivity contribution in [3.8, 4) is 0 Å². The van der Waals surface area contributed by atoms with Gasteiger partial charge in [-0.25, -0.2) is 15.0 Å². The first-order valence-corrected chi connectivity index (χ1v) is 12.3. The lowest BCUT2D eigenvalue weighted by Crippen LogP contribution is -2.36. The van der Waals surface area contributed by atoms with E-state index in [4.69, 9.17) is 4.98 Å². The predicted molar refractivity (Wildman–Crippen MR) is 129 cm³/mol. The van der Waals surface area contributed by atoms with Crippen molar-refractivity contribution < 1.29 is 18.0 Å². The van der Waals surface area contributed by atoms with Crippen molar-refractivity contribution in [2.45, 2.75) is 71.6 Å². The monoisotopic (exact) mass is 491 g/mol. The summed E-state index contributed by atoms with van der Waals surface area (Å²) >= 11 is 0. The van der Waals surface area contributed by atoms with Gasteiger partial charge in [0.25, 0.3) is 0 Å². The molecule has 0 saturated carbocycles. The summed E-state index contributed by atoms with van der Waals surface area (Å²) in [4.78, 5) is 32.1. The molecule has 1 amide bonds. The standard InChI is InChI=1S/C24H32F3N7O/c1-4-7-15(5-2)23(35)33-11-10-17(13-33)31-20-19-22(30-14-29-20)34(6-3)21(32-19)16-8-9-18(28-12-16)24(25,26)27/h8,14-15,17H,4-7,9-13H2,1-3H3,(H,29,30,31). The highest BCUT2D eigenvalue weighted by Gasteiger charge is 2.36. The Balaban J connectivity index is 1.53. The fraction of sp³-hybridized carbons (Fsp3) is 0.625. The molecule has 2 aliphatic rings. The Morgan fingerprint density at radius 2 is 2.06 bits per heavy atom. The summed E-state index contributed by atoms with van der Waals surface area (Å²) in [6, 6.07) is 0.0410. The Bertz CT molecular complexity index is 1140. The maximum atomic E-state index is 13.0. The number of aliphatic imine (C=N–C) groups is 1. The van der Waals surface area contributed by atoms with Gasteiger partial charge in [-0.1, -0.05) is 26.3 Å². The molecule has 1 N–H and O–H groups in total. The minimum absolute atomic E-state index is 0.0410. The Morgan fingerprint density at radius 3 is 2.69 bits per heavy atom. The maximum Gasteiger partial charge on any atom is 0.429 e. The molecule has 4 rings (SSSR count). The van der Waals surface area contributed by atoms with Crippen molar-refractivity contribution in [2.75, 3.05) is 25.0 Å². The zero-order valence-electron chi connectivity index (χ0n) is 20.4. The van der Waals surface area contributed by atoms with Crippen LogP contribution in [-0.2, 0) is 11.3 Å². The lowest BCUT2D eigenvalue weighted by atomic mass is 9.99. The molecule has 2 aliphatic heterocycles. The highest BCUT2D eigenvalue weighted by atomic mass is 19.4. The van der Waals surface area contributed by atoms with Crippen molar-refractivity contribution in [1.29, 1.82) is 0 Å². The second-order valence-electron chi connectivity index (χ2n) is 9.08. The lowest BCUT2D eigenvalue weighted by molar-refractivity contribution is -0.134. The van der Waals surface area contributed by atoms with E-state index in [1.165, 1.54) is 6.33 Å². The van der Waals surface area contributed by atoms with Crippen LogP contribution in [0.3, 0.4) is 0 Å². The number of nitrogens with zero attached hydrogens (tertiary/aromatic N) is 6. The Hall–Kier alpha value is -2.98. The van der Waals surface area contributed by atoms with Gasteiger partial charge < -0.3 is 14.8 Å². The number of aryl methyl sites for hydroxylation is 1. The molecule has 11 heteroatoms. The van der Waals surface area contributed by atoms with Crippen LogP contribution >= 0.6 is 0 Å². The average molecular weight is 492 g/mol. The van der Waals surface area contributed by atoms with Crippen molar-refractivity contribution >= 4 is 34.2 Å². The minimum Gasteiger partial charge on any atom is -0.364 e. The normalized spacial score (nSPS) is 19.6. The topological polar surface area (TPSA) is 88.3 Å². The fourth-order valence-corrected chi connectivity index (χ4v) is 4.86. The Labute approximate surface area is 202 Å². The maximum absolute atomic E-state index is 13.0. The number of anilines is 1. The molecule has 2 unspecified atom stereocenters. The van der Waals surface area contributed by atoms with Crippen LogP contribution in [0.1, 0.15) is 58.7 Å². The van der Waals surface area contributed by atoms with Crippen LogP contribution in [0.15, 0.2) is 17.4 Å². The summed E-state index contributed by atoms with van der Waals surface area (Å²) in [5.74, 6) is 1.41. The first kappa shape index (κ1) is 25.1. The molecule has 1 fully saturated rings. The number of alkyl halides is 3. The largest absolute Gasteiger partial charge is 0.429 e. The molecule has 0 spiro atoms. The number of imidazole rings is 1. The number of rotatable bonds is 8. The molecular weight excluding hydrogens is 459 g/mol. The van der Waals surface area contributed by atoms with Crippen molar-refractivity contribution in [3.05, 3.63) is 18.2 Å². The summed E-state index contributed by atoms with van der Waals surface area (Å²) < 4.78 is 40.8. The van der Waals surface area contributed by atoms with Gasteiger partial charge in [0.05, 0.1) is 6.54 Å². The number of allylic oxidation sites excluding steroid dienone is 1. The molecule has 35 heavy (non-hydrogen) atoms. The third-order valence-corrected chi connectivity index (χ3v) is 6.76. The summed E-state index contributed by atoms with van der Waals surface area (Å²) in [6.45, 7) is 7.87. The number of halogens is 3. The molecule has 0 aliphatic carbocycles. The summed E-state index contributed by atoms with van der Waals surface area (Å²) in [5.41, 5.74) is 1.06. The number of amides is 1. The molecule has 8 nitrogen and oxygen atoms in total. The van der Waals surface area contributed by atoms with Crippen molar-refractivity contribution in [2.24, 2.45) is 10.9 Å². The highest BCUT2D eigenvalue weighted by Crippen LogP contribution is 2.30. The smallest absolute Gasteiger partial charge is 0.364 e. The minimum atomic E-state index is -4.42. The van der Waals surface area contributed by atoms with Gasteiger partial charge >= 0.3 is 6.18 Å². The summed E-state index contributed by atoms with van der Waals surface area (Å²) in [5, 5.41) is 3.44. The Morgan fingerprint density at radius 1 is 1.26 bits per heavy atom. The zero-order chi connectivity index (χ0) is 25.2. The average Bonchev–Trinajstić information content (AvgIpc) is 3.46. The molecule has 0 bridgehead atoms. The number of nitrogens with one attached hydrogen (secondary N) is 1. The van der Waals surface area contributed by atoms with Gasteiger partial charge in [0, 0.05) is 43.6 Å². The van der Waals surface area contributed by atoms with Crippen LogP contribution < -0.4 is 5.32 Å². The molecule has 0 aromatic carbocycles. The molecule has 2 atom stereocenters. The molecular formula is C24H32F3N7O. The number of hydrogen-bond acceptors (Lipinski definition) is 6. The number of hydrogen-bond donors (Lipinski definition) is 1. The third-order valence-electron chi connectivity index (χ3n) is 6.76. The van der Waals surface area contributed by atoms with Gasteiger partial charge in [-0.3, -0.25) is 9.79 Å². The first-order valence-electron chi connectivity index (χ1n) is 12.3. The van der Waals surface area contributed by atoms with Gasteiger partial charge in [-0.05, 0) is 26.2 Å². The van der Waals surface area contributed by atoms with Gasteiger partial charge in [-0.2, -0.15) is 13.2 Å². The zero-order valence-corrected chi connectivity index (χ0v) is 20.4. The van der Waals surface area contributed by atoms with E-state index in [1.807, 2.05) is 16.4 Å². The number of carbonyl (C=O) groups is 1. The van der Waals surface area contributed by atoms with Crippen LogP contribution in [0.4, 0.5) is 19.0 Å². The number of likely N-dealkylation sites (tertiary alicyclic amines) is 1. The number of fused-ring (bicyclic) bond motifs is 1. The third kappa shape index (κ3) is 5.18. The number of carbonyl (C=O) groups excluding carboxylic acids is 1. The van der Waals surface area contributed by atoms with Crippen molar-refractivity contribution in [1.82, 2.24) is 24.4 Å². The summed E-state index contributed by atoms with van der Waals surface area (Å²) in [7, 11) is 0. The molecule has 1 saturated heterocycles. The molecule has 4 heterocycles. The van der Waals surface area contributed by atoms with Gasteiger partial charge in [0.1, 0.15) is 17.9 Å². The van der Waals surface area contributed by atoms with Crippen LogP contribution in [0.5, 0.6) is 0 Å². The van der Waals surface area contributed by atoms with Gasteiger partial charge in [0.2, 0.25) is 5.91 Å². The quantitative estimate of drug-likeness (QED) is 0.589. The van der Waals surface area contributed by atoms with E-state index in [9.17, 15) is 18.0 Å². The van der Waals surface area contributed by atoms with Crippen LogP contribution in [0.2, 0.25) is 0 Å². The van der Waals surface area contributed by atoms with Crippen LogP contribution in [0.25, 0.3) is 16.7 Å². The van der Waals surface area contributed by atoms with E-state index in [0.717, 1.165) is 25.7 Å². The van der Waals surface area contributed by atoms with Crippen LogP contribution in [-0.4, -0.2) is 67.9 Å². The second-order valence-corrected chi connectivity index (χ2v) is 9.08. The second kappa shape index (κ2) is 10.3. The van der Waals surface area contributed by atoms with E-state index in [2.05, 4.69) is 34.1 Å². The predicted octanol–water partition coefficient (Wildman–Crippen LogP) is 4.48. The Kier molecular flexibility index (Phi) is 7.42. The van der Waals surface area contributed by atoms with Crippen LogP contribution in [0, 0.1) is 5.92 Å². The van der Waals surface area contributed by atoms with Gasteiger partial charge in [-0.15, -0.1) is 0 Å². The number of aromatic nitrogens is 4. The van der Waals surface area contributed by atoms with E-state index in [0.29, 0.717) is 48.0 Å². The molecule has 2 aromatic heterocycles. The summed E-state index contributed by atoms with van der Waals surface area (Å²) in [6.07, 6.45) is 1.86. The molecule has 0 radical (unpaired) electrons. The van der Waals surface area contributed by atoms with E-state index < -0.39 is 11.9 Å². The number of dihydropyridines is 1. The fourth-order valence-electron chi connectivity index (χ4n) is 4.86. The SMILES string of the molecule is CCCC(CC)C(=O)N1CCC(Nc2ncnc3c2nc(C2=CCC(C(F)(F)F)=NC2)n3CC)C1. The highest BCUT2D eigenvalue weighted by molar-refractivity contribution is 5.95. The molecule has 190 valence electrons. The van der Waals surface area contributed by atoms with E-state index >= 15 is 0 Å². The first-order chi connectivity index (χ1) is 16.8.